The van der Waals surface area contributed by atoms with Crippen LogP contribution < -0.4 is 4.90 Å². The first-order chi connectivity index (χ1) is 12.1. The van der Waals surface area contributed by atoms with E-state index in [0.717, 1.165) is 23.1 Å². The number of hydrogen-bond acceptors (Lipinski definition) is 1. The van der Waals surface area contributed by atoms with Crippen LogP contribution in [0.15, 0.2) is 52.5 Å². The molecular formula is C23H22BrN. The van der Waals surface area contributed by atoms with Gasteiger partial charge in [-0.15, -0.1) is 6.42 Å². The van der Waals surface area contributed by atoms with Crippen LogP contribution in [0.3, 0.4) is 0 Å². The summed E-state index contributed by atoms with van der Waals surface area (Å²) in [5.74, 6) is 2.91. The van der Waals surface area contributed by atoms with E-state index in [1.54, 1.807) is 0 Å². The monoisotopic (exact) mass is 391 g/mol. The van der Waals surface area contributed by atoms with Gasteiger partial charge in [0.25, 0.3) is 0 Å². The van der Waals surface area contributed by atoms with Crippen LogP contribution >= 0.6 is 15.9 Å². The third-order valence-corrected chi connectivity index (χ3v) is 5.32. The summed E-state index contributed by atoms with van der Waals surface area (Å²) in [5, 5.41) is 0. The summed E-state index contributed by atoms with van der Waals surface area (Å²) in [6.45, 7) is 8.46. The quantitative estimate of drug-likeness (QED) is 0.556. The lowest BCUT2D eigenvalue weighted by Crippen LogP contribution is -2.21. The fourth-order valence-corrected chi connectivity index (χ4v) is 3.66. The Morgan fingerprint density at radius 2 is 1.72 bits per heavy atom. The topological polar surface area (TPSA) is 3.24 Å². The summed E-state index contributed by atoms with van der Waals surface area (Å²) in [6.07, 6.45) is 8.08. The molecule has 2 aromatic rings. The van der Waals surface area contributed by atoms with Crippen molar-refractivity contribution in [2.45, 2.75) is 20.8 Å². The predicted molar refractivity (Wildman–Crippen MR) is 113 cm³/mol. The van der Waals surface area contributed by atoms with Crippen LogP contribution in [-0.2, 0) is 0 Å². The summed E-state index contributed by atoms with van der Waals surface area (Å²) >= 11 is 3.49. The summed E-state index contributed by atoms with van der Waals surface area (Å²) in [6, 6.07) is 15.0. The van der Waals surface area contributed by atoms with E-state index in [-0.39, 0.29) is 0 Å². The molecule has 1 nitrogen and oxygen atoms in total. The van der Waals surface area contributed by atoms with E-state index < -0.39 is 0 Å². The molecule has 0 saturated heterocycles. The third-order valence-electron chi connectivity index (χ3n) is 4.80. The van der Waals surface area contributed by atoms with Crippen LogP contribution in [0.2, 0.25) is 0 Å². The molecule has 25 heavy (non-hydrogen) atoms. The SMILES string of the molecule is C#CC1=C(C)C(=Cc2ccc(Br)cc2)c2ccc(N(CC)CC)cc21. The van der Waals surface area contributed by atoms with Gasteiger partial charge in [-0.05, 0) is 73.4 Å². The number of halogens is 1. The van der Waals surface area contributed by atoms with Crippen LogP contribution in [0.4, 0.5) is 5.69 Å². The third kappa shape index (κ3) is 3.30. The largest absolute Gasteiger partial charge is 0.372 e. The van der Waals surface area contributed by atoms with Gasteiger partial charge in [0.1, 0.15) is 0 Å². The minimum Gasteiger partial charge on any atom is -0.372 e. The van der Waals surface area contributed by atoms with Crippen molar-refractivity contribution in [1.29, 1.82) is 0 Å². The molecular weight excluding hydrogens is 370 g/mol. The second-order valence-corrected chi connectivity index (χ2v) is 7.07. The zero-order valence-corrected chi connectivity index (χ0v) is 16.5. The van der Waals surface area contributed by atoms with Crippen molar-refractivity contribution in [3.05, 3.63) is 69.2 Å². The van der Waals surface area contributed by atoms with Crippen LogP contribution in [0, 0.1) is 12.3 Å². The van der Waals surface area contributed by atoms with Gasteiger partial charge in [0.2, 0.25) is 0 Å². The van der Waals surface area contributed by atoms with Crippen molar-refractivity contribution in [3.8, 4) is 12.3 Å². The number of allylic oxidation sites excluding steroid dienone is 3. The molecule has 0 unspecified atom stereocenters. The lowest BCUT2D eigenvalue weighted by Gasteiger charge is -2.22. The fourth-order valence-electron chi connectivity index (χ4n) is 3.40. The zero-order chi connectivity index (χ0) is 18.0. The zero-order valence-electron chi connectivity index (χ0n) is 14.9. The minimum atomic E-state index is 0.991. The van der Waals surface area contributed by atoms with Gasteiger partial charge in [0, 0.05) is 34.4 Å². The maximum Gasteiger partial charge on any atom is 0.0372 e. The molecule has 126 valence electrons. The van der Waals surface area contributed by atoms with E-state index in [9.17, 15) is 0 Å². The van der Waals surface area contributed by atoms with Gasteiger partial charge in [0.15, 0.2) is 0 Å². The van der Waals surface area contributed by atoms with Crippen LogP contribution in [0.1, 0.15) is 37.5 Å². The molecule has 0 aromatic heterocycles. The highest BCUT2D eigenvalue weighted by Gasteiger charge is 2.23. The molecule has 3 rings (SSSR count). The highest BCUT2D eigenvalue weighted by Crippen LogP contribution is 2.43. The van der Waals surface area contributed by atoms with Gasteiger partial charge in [-0.25, -0.2) is 0 Å². The van der Waals surface area contributed by atoms with Crippen LogP contribution in [-0.4, -0.2) is 13.1 Å². The Bertz CT molecular complexity index is 891. The second kappa shape index (κ2) is 7.33. The molecule has 0 amide bonds. The standard InChI is InChI=1S/C23H22BrN/c1-5-20-16(4)22(14-17-8-10-18(24)11-9-17)21-13-12-19(15-23(20)21)25(6-2)7-3/h1,8-15H,6-7H2,2-4H3. The van der Waals surface area contributed by atoms with Gasteiger partial charge < -0.3 is 4.90 Å². The van der Waals surface area contributed by atoms with Crippen molar-refractivity contribution in [3.63, 3.8) is 0 Å². The molecule has 1 aliphatic carbocycles. The summed E-state index contributed by atoms with van der Waals surface area (Å²) < 4.78 is 1.09. The molecule has 0 atom stereocenters. The normalized spacial score (nSPS) is 14.6. The number of fused-ring (bicyclic) bond motifs is 1. The number of anilines is 1. The number of benzene rings is 2. The first kappa shape index (κ1) is 17.6. The molecule has 0 fully saturated rings. The van der Waals surface area contributed by atoms with E-state index in [1.807, 2.05) is 0 Å². The van der Waals surface area contributed by atoms with Crippen molar-refractivity contribution < 1.29 is 0 Å². The van der Waals surface area contributed by atoms with E-state index in [4.69, 9.17) is 6.42 Å². The Hall–Kier alpha value is -2.24. The molecule has 1 aliphatic rings. The first-order valence-electron chi connectivity index (χ1n) is 8.63. The lowest BCUT2D eigenvalue weighted by atomic mass is 10.00. The van der Waals surface area contributed by atoms with Gasteiger partial charge in [-0.2, -0.15) is 0 Å². The smallest absolute Gasteiger partial charge is 0.0372 e. The highest BCUT2D eigenvalue weighted by molar-refractivity contribution is 9.10. The summed E-state index contributed by atoms with van der Waals surface area (Å²) in [4.78, 5) is 2.35. The highest BCUT2D eigenvalue weighted by atomic mass is 79.9. The van der Waals surface area contributed by atoms with E-state index in [1.165, 1.54) is 33.5 Å². The van der Waals surface area contributed by atoms with Gasteiger partial charge >= 0.3 is 0 Å². The van der Waals surface area contributed by atoms with E-state index in [0.29, 0.717) is 0 Å². The predicted octanol–water partition coefficient (Wildman–Crippen LogP) is 6.26. The first-order valence-corrected chi connectivity index (χ1v) is 9.43. The van der Waals surface area contributed by atoms with Crippen molar-refractivity contribution in [2.75, 3.05) is 18.0 Å². The van der Waals surface area contributed by atoms with Gasteiger partial charge in [-0.3, -0.25) is 0 Å². The van der Waals surface area contributed by atoms with Crippen molar-refractivity contribution in [2.24, 2.45) is 0 Å². The number of terminal acetylenes is 1. The molecule has 0 heterocycles. The number of hydrogen-bond donors (Lipinski definition) is 0. The number of nitrogens with zero attached hydrogens (tertiary/aromatic N) is 1. The number of rotatable bonds is 4. The molecule has 2 aromatic carbocycles. The Labute approximate surface area is 159 Å². The summed E-state index contributed by atoms with van der Waals surface area (Å²) in [5.41, 5.74) is 8.21. The van der Waals surface area contributed by atoms with E-state index >= 15 is 0 Å². The second-order valence-electron chi connectivity index (χ2n) is 6.16. The molecule has 0 bridgehead atoms. The Balaban J connectivity index is 2.12. The molecule has 2 heteroatoms. The molecule has 0 spiro atoms. The minimum absolute atomic E-state index is 0.991. The maximum absolute atomic E-state index is 5.85. The molecule has 0 aliphatic heterocycles. The van der Waals surface area contributed by atoms with Crippen LogP contribution in [0.5, 0.6) is 0 Å². The molecule has 0 saturated carbocycles. The lowest BCUT2D eigenvalue weighted by molar-refractivity contribution is 0.866. The molecule has 0 radical (unpaired) electrons. The van der Waals surface area contributed by atoms with Crippen molar-refractivity contribution >= 4 is 38.8 Å². The van der Waals surface area contributed by atoms with Crippen LogP contribution in [0.25, 0.3) is 17.2 Å². The average Bonchev–Trinajstić information content (AvgIpc) is 2.89. The Morgan fingerprint density at radius 3 is 2.32 bits per heavy atom. The summed E-state index contributed by atoms with van der Waals surface area (Å²) in [7, 11) is 0. The fraction of sp³-hybridized carbons (Fsp3) is 0.217. The Kier molecular flexibility index (Phi) is 5.16. The van der Waals surface area contributed by atoms with Gasteiger partial charge in [-0.1, -0.05) is 40.0 Å². The van der Waals surface area contributed by atoms with Gasteiger partial charge in [0.05, 0.1) is 0 Å². The molecule has 0 N–H and O–H groups in total. The van der Waals surface area contributed by atoms with E-state index in [2.05, 4.69) is 96.1 Å². The maximum atomic E-state index is 5.85. The van der Waals surface area contributed by atoms with Crippen molar-refractivity contribution in [1.82, 2.24) is 0 Å². The Morgan fingerprint density at radius 1 is 1.04 bits per heavy atom. The average molecular weight is 392 g/mol.